The van der Waals surface area contributed by atoms with Gasteiger partial charge in [-0.3, -0.25) is 0 Å². The van der Waals surface area contributed by atoms with E-state index in [9.17, 15) is 0 Å². The summed E-state index contributed by atoms with van der Waals surface area (Å²) in [6.07, 6.45) is 0. The first-order chi connectivity index (χ1) is 27.8. The van der Waals surface area contributed by atoms with E-state index in [1.54, 1.807) is 0 Å². The van der Waals surface area contributed by atoms with Crippen LogP contribution in [0.25, 0.3) is 116 Å². The van der Waals surface area contributed by atoms with Crippen molar-refractivity contribution in [3.8, 4) is 39.5 Å². The van der Waals surface area contributed by atoms with Crippen LogP contribution >= 0.6 is 0 Å². The summed E-state index contributed by atoms with van der Waals surface area (Å²) in [4.78, 5) is 10.4. The molecule has 260 valence electrons. The van der Waals surface area contributed by atoms with E-state index in [2.05, 4.69) is 174 Å². The molecule has 4 heteroatoms. The molecule has 0 unspecified atom stereocenters. The monoisotopic (exact) mass is 713 g/mol. The average molecular weight is 714 g/mol. The molecule has 56 heavy (non-hydrogen) atoms. The van der Waals surface area contributed by atoms with Crippen LogP contribution in [0.15, 0.2) is 192 Å². The molecule has 0 aliphatic heterocycles. The molecular weight excluding hydrogens is 683 g/mol. The second kappa shape index (κ2) is 12.0. The van der Waals surface area contributed by atoms with E-state index < -0.39 is 0 Å². The van der Waals surface area contributed by atoms with E-state index in [0.717, 1.165) is 50.1 Å². The standard InChI is InChI=1S/C52H31N3O/c1-2-13-32(14-3-1)52-53-49(35-26-27-41-39-19-5-4-17-37(39)38-18-6-7-20-40(38)45(41)30-35)51-50(54-52)44-28-25-34(31-48(44)56-51)33-15-12-16-36(29-33)55-46-23-10-8-21-42(46)43-22-9-11-24-47(43)55/h1-31H. The normalized spacial score (nSPS) is 11.9. The van der Waals surface area contributed by atoms with Crippen LogP contribution in [0.5, 0.6) is 0 Å². The van der Waals surface area contributed by atoms with Gasteiger partial charge in [-0.05, 0) is 85.9 Å². The van der Waals surface area contributed by atoms with Crippen molar-refractivity contribution >= 4 is 76.2 Å². The second-order valence-electron chi connectivity index (χ2n) is 14.5. The highest BCUT2D eigenvalue weighted by molar-refractivity contribution is 6.26. The number of rotatable bonds is 4. The molecular formula is C52H31N3O. The Labute approximate surface area is 321 Å². The number of hydrogen-bond acceptors (Lipinski definition) is 3. The Morgan fingerprint density at radius 2 is 0.893 bits per heavy atom. The van der Waals surface area contributed by atoms with Gasteiger partial charge in [0.15, 0.2) is 11.4 Å². The number of fused-ring (bicyclic) bond motifs is 12. The zero-order valence-corrected chi connectivity index (χ0v) is 30.1. The van der Waals surface area contributed by atoms with Crippen LogP contribution in [0.2, 0.25) is 0 Å². The van der Waals surface area contributed by atoms with Crippen LogP contribution in [0.1, 0.15) is 0 Å². The summed E-state index contributed by atoms with van der Waals surface area (Å²) < 4.78 is 9.21. The lowest BCUT2D eigenvalue weighted by Gasteiger charge is -2.12. The molecule has 12 aromatic rings. The zero-order chi connectivity index (χ0) is 36.7. The van der Waals surface area contributed by atoms with E-state index in [4.69, 9.17) is 14.4 Å². The van der Waals surface area contributed by atoms with Crippen molar-refractivity contribution in [2.75, 3.05) is 0 Å². The molecule has 3 heterocycles. The third-order valence-corrected chi connectivity index (χ3v) is 11.4. The topological polar surface area (TPSA) is 43.9 Å². The Morgan fingerprint density at radius 1 is 0.357 bits per heavy atom. The van der Waals surface area contributed by atoms with Crippen molar-refractivity contribution in [2.24, 2.45) is 0 Å². The first kappa shape index (κ1) is 30.9. The third-order valence-electron chi connectivity index (χ3n) is 11.4. The second-order valence-corrected chi connectivity index (χ2v) is 14.5. The summed E-state index contributed by atoms with van der Waals surface area (Å²) in [7, 11) is 0. The molecule has 0 fully saturated rings. The fourth-order valence-corrected chi connectivity index (χ4v) is 8.81. The van der Waals surface area contributed by atoms with Gasteiger partial charge in [-0.2, -0.15) is 0 Å². The van der Waals surface area contributed by atoms with Gasteiger partial charge in [-0.25, -0.2) is 9.97 Å². The van der Waals surface area contributed by atoms with Gasteiger partial charge in [0.1, 0.15) is 16.8 Å². The molecule has 12 rings (SSSR count). The van der Waals surface area contributed by atoms with Gasteiger partial charge >= 0.3 is 0 Å². The maximum Gasteiger partial charge on any atom is 0.180 e. The molecule has 9 aromatic carbocycles. The summed E-state index contributed by atoms with van der Waals surface area (Å²) in [6, 6.07) is 66.7. The van der Waals surface area contributed by atoms with Crippen LogP contribution in [-0.2, 0) is 0 Å². The number of aromatic nitrogens is 3. The van der Waals surface area contributed by atoms with Crippen molar-refractivity contribution in [2.45, 2.75) is 0 Å². The molecule has 0 bridgehead atoms. The quantitative estimate of drug-likeness (QED) is 0.171. The molecule has 0 aliphatic carbocycles. The molecule has 0 N–H and O–H groups in total. The Kier molecular flexibility index (Phi) is 6.60. The summed E-state index contributed by atoms with van der Waals surface area (Å²) in [5, 5.41) is 10.8. The highest BCUT2D eigenvalue weighted by atomic mass is 16.3. The maximum absolute atomic E-state index is 6.85. The van der Waals surface area contributed by atoms with E-state index in [-0.39, 0.29) is 0 Å². The number of para-hydroxylation sites is 2. The first-order valence-electron chi connectivity index (χ1n) is 19.0. The summed E-state index contributed by atoms with van der Waals surface area (Å²) in [6.45, 7) is 0. The number of furan rings is 1. The fraction of sp³-hybridized carbons (Fsp3) is 0. The van der Waals surface area contributed by atoms with Gasteiger partial charge in [0, 0.05) is 33.0 Å². The van der Waals surface area contributed by atoms with Crippen molar-refractivity contribution in [3.63, 3.8) is 0 Å². The average Bonchev–Trinajstić information content (AvgIpc) is 3.82. The van der Waals surface area contributed by atoms with Crippen LogP contribution < -0.4 is 0 Å². The van der Waals surface area contributed by atoms with Crippen molar-refractivity contribution < 1.29 is 4.42 Å². The van der Waals surface area contributed by atoms with Gasteiger partial charge in [0.05, 0.1) is 11.0 Å². The van der Waals surface area contributed by atoms with Crippen LogP contribution in [0.4, 0.5) is 0 Å². The number of nitrogens with zero attached hydrogens (tertiary/aromatic N) is 3. The SMILES string of the molecule is c1ccc(-c2nc(-c3ccc4c5ccccc5c5ccccc5c4c3)c3oc4cc(-c5cccc(-n6c7ccccc7c7ccccc76)c5)ccc4c3n2)cc1. The van der Waals surface area contributed by atoms with Gasteiger partial charge in [-0.1, -0.05) is 146 Å². The predicted molar refractivity (Wildman–Crippen MR) is 232 cm³/mol. The molecule has 3 aromatic heterocycles. The molecule has 0 radical (unpaired) electrons. The maximum atomic E-state index is 6.85. The highest BCUT2D eigenvalue weighted by Crippen LogP contribution is 2.41. The van der Waals surface area contributed by atoms with Crippen molar-refractivity contribution in [3.05, 3.63) is 188 Å². The van der Waals surface area contributed by atoms with E-state index in [0.29, 0.717) is 11.4 Å². The lowest BCUT2D eigenvalue weighted by molar-refractivity contribution is 0.667. The Hall–Kier alpha value is -7.56. The molecule has 0 amide bonds. The predicted octanol–water partition coefficient (Wildman–Crippen LogP) is 13.9. The van der Waals surface area contributed by atoms with Crippen molar-refractivity contribution in [1.82, 2.24) is 14.5 Å². The van der Waals surface area contributed by atoms with E-state index in [1.165, 1.54) is 54.1 Å². The van der Waals surface area contributed by atoms with E-state index >= 15 is 0 Å². The van der Waals surface area contributed by atoms with Crippen LogP contribution in [-0.4, -0.2) is 14.5 Å². The van der Waals surface area contributed by atoms with Crippen LogP contribution in [0.3, 0.4) is 0 Å². The number of hydrogen-bond donors (Lipinski definition) is 0. The smallest absolute Gasteiger partial charge is 0.180 e. The van der Waals surface area contributed by atoms with Crippen molar-refractivity contribution in [1.29, 1.82) is 0 Å². The zero-order valence-electron chi connectivity index (χ0n) is 30.1. The highest BCUT2D eigenvalue weighted by Gasteiger charge is 2.20. The summed E-state index contributed by atoms with van der Waals surface area (Å²) in [5.74, 6) is 0.669. The third kappa shape index (κ3) is 4.60. The Morgan fingerprint density at radius 3 is 1.59 bits per heavy atom. The van der Waals surface area contributed by atoms with E-state index in [1.807, 2.05) is 18.2 Å². The molecule has 0 atom stereocenters. The van der Waals surface area contributed by atoms with Crippen LogP contribution in [0, 0.1) is 0 Å². The molecule has 4 nitrogen and oxygen atoms in total. The molecule has 0 saturated carbocycles. The Balaban J connectivity index is 1.06. The first-order valence-corrected chi connectivity index (χ1v) is 19.0. The van der Waals surface area contributed by atoms with Gasteiger partial charge in [0.25, 0.3) is 0 Å². The summed E-state index contributed by atoms with van der Waals surface area (Å²) >= 11 is 0. The molecule has 0 spiro atoms. The minimum atomic E-state index is 0.669. The number of benzene rings is 9. The molecule has 0 saturated heterocycles. The van der Waals surface area contributed by atoms with Gasteiger partial charge in [-0.15, -0.1) is 0 Å². The van der Waals surface area contributed by atoms with Gasteiger partial charge in [0.2, 0.25) is 0 Å². The lowest BCUT2D eigenvalue weighted by atomic mass is 9.93. The Bertz CT molecular complexity index is 3450. The lowest BCUT2D eigenvalue weighted by Crippen LogP contribution is -1.94. The van der Waals surface area contributed by atoms with Gasteiger partial charge < -0.3 is 8.98 Å². The molecule has 0 aliphatic rings. The summed E-state index contributed by atoms with van der Waals surface area (Å²) in [5.41, 5.74) is 10.7. The largest absolute Gasteiger partial charge is 0.452 e. The fourth-order valence-electron chi connectivity index (χ4n) is 8.81. The minimum Gasteiger partial charge on any atom is -0.452 e. The minimum absolute atomic E-state index is 0.669.